The van der Waals surface area contributed by atoms with Gasteiger partial charge in [0.25, 0.3) is 5.91 Å². The van der Waals surface area contributed by atoms with Crippen LogP contribution in [0.3, 0.4) is 0 Å². The van der Waals surface area contributed by atoms with Crippen molar-refractivity contribution in [3.05, 3.63) is 71.2 Å². The lowest BCUT2D eigenvalue weighted by Crippen LogP contribution is -2.28. The van der Waals surface area contributed by atoms with Gasteiger partial charge in [0.2, 0.25) is 0 Å². The van der Waals surface area contributed by atoms with E-state index in [2.05, 4.69) is 6.58 Å². The van der Waals surface area contributed by atoms with Crippen molar-refractivity contribution in [2.75, 3.05) is 18.6 Å². The number of anilines is 1. The number of methoxy groups -OCH3 is 1. The zero-order chi connectivity index (χ0) is 21.0. The maximum atomic E-state index is 13.0. The van der Waals surface area contributed by atoms with Gasteiger partial charge in [-0.2, -0.15) is 0 Å². The molecule has 148 valence electrons. The number of carboxylic acid groups (broad SMARTS) is 1. The van der Waals surface area contributed by atoms with Gasteiger partial charge in [-0.1, -0.05) is 60.9 Å². The number of amides is 1. The van der Waals surface area contributed by atoms with Crippen molar-refractivity contribution in [1.29, 1.82) is 0 Å². The first kappa shape index (κ1) is 20.6. The molecule has 1 saturated heterocycles. The van der Waals surface area contributed by atoms with Crippen molar-refractivity contribution >= 4 is 51.9 Å². The van der Waals surface area contributed by atoms with Gasteiger partial charge >= 0.3 is 0 Å². The van der Waals surface area contributed by atoms with Gasteiger partial charge in [-0.05, 0) is 29.8 Å². The number of nitrogens with zero attached hydrogens (tertiary/aromatic N) is 1. The first-order valence-corrected chi connectivity index (χ1v) is 9.68. The van der Waals surface area contributed by atoms with Gasteiger partial charge in [0.15, 0.2) is 15.8 Å². The molecular formula is C21H16NO5S2-. The molecule has 1 aliphatic rings. The Balaban J connectivity index is 1.98. The Morgan fingerprint density at radius 1 is 1.31 bits per heavy atom. The number of hydrogen-bond donors (Lipinski definition) is 0. The molecule has 0 atom stereocenters. The number of thiocarbonyl (C=S) groups is 1. The van der Waals surface area contributed by atoms with Crippen LogP contribution < -0.4 is 19.5 Å². The SMILES string of the molecule is C=CCOc1c(/C=C2\SC(=S)N(c3cccc(C(=O)[O-])c3)C2=O)cccc1OC. The molecule has 2 aromatic carbocycles. The van der Waals surface area contributed by atoms with Crippen LogP contribution >= 0.6 is 24.0 Å². The summed E-state index contributed by atoms with van der Waals surface area (Å²) in [5.74, 6) is -0.668. The van der Waals surface area contributed by atoms with Crippen molar-refractivity contribution in [3.8, 4) is 11.5 Å². The first-order chi connectivity index (χ1) is 14.0. The number of carboxylic acids is 1. The molecule has 0 spiro atoms. The molecule has 8 heteroatoms. The number of aromatic carboxylic acids is 1. The summed E-state index contributed by atoms with van der Waals surface area (Å²) < 4.78 is 11.4. The molecular weight excluding hydrogens is 410 g/mol. The Morgan fingerprint density at radius 3 is 2.76 bits per heavy atom. The normalized spacial score (nSPS) is 14.9. The van der Waals surface area contributed by atoms with E-state index in [1.54, 1.807) is 36.4 Å². The highest BCUT2D eigenvalue weighted by molar-refractivity contribution is 8.27. The van der Waals surface area contributed by atoms with Crippen LogP contribution in [0.4, 0.5) is 5.69 Å². The number of ether oxygens (including phenoxy) is 2. The fourth-order valence-electron chi connectivity index (χ4n) is 2.71. The highest BCUT2D eigenvalue weighted by Gasteiger charge is 2.33. The lowest BCUT2D eigenvalue weighted by atomic mass is 10.1. The molecule has 0 unspecified atom stereocenters. The third-order valence-electron chi connectivity index (χ3n) is 4.00. The Labute approximate surface area is 177 Å². The Morgan fingerprint density at radius 2 is 2.07 bits per heavy atom. The summed E-state index contributed by atoms with van der Waals surface area (Å²) in [5.41, 5.74) is 0.981. The van der Waals surface area contributed by atoms with E-state index in [1.165, 1.54) is 30.2 Å². The summed E-state index contributed by atoms with van der Waals surface area (Å²) in [6, 6.07) is 11.2. The summed E-state index contributed by atoms with van der Waals surface area (Å²) in [6.07, 6.45) is 3.28. The second-order valence-electron chi connectivity index (χ2n) is 5.83. The molecule has 29 heavy (non-hydrogen) atoms. The molecule has 0 aliphatic carbocycles. The van der Waals surface area contributed by atoms with Gasteiger partial charge in [0.05, 0.1) is 23.7 Å². The average Bonchev–Trinajstić information content (AvgIpc) is 2.99. The van der Waals surface area contributed by atoms with E-state index in [9.17, 15) is 14.7 Å². The van der Waals surface area contributed by atoms with Crippen molar-refractivity contribution in [3.63, 3.8) is 0 Å². The van der Waals surface area contributed by atoms with Crippen LogP contribution in [0.25, 0.3) is 6.08 Å². The minimum absolute atomic E-state index is 0.0339. The zero-order valence-corrected chi connectivity index (χ0v) is 17.0. The number of rotatable bonds is 7. The third kappa shape index (κ3) is 4.33. The predicted octanol–water partition coefficient (Wildman–Crippen LogP) is 3.03. The molecule has 0 bridgehead atoms. The number of carbonyl (C=O) groups excluding carboxylic acids is 2. The summed E-state index contributed by atoms with van der Waals surface area (Å²) in [7, 11) is 1.53. The molecule has 3 rings (SSSR count). The summed E-state index contributed by atoms with van der Waals surface area (Å²) >= 11 is 6.47. The van der Waals surface area contributed by atoms with E-state index >= 15 is 0 Å². The lowest BCUT2D eigenvalue weighted by molar-refractivity contribution is -0.255. The smallest absolute Gasteiger partial charge is 0.270 e. The van der Waals surface area contributed by atoms with Crippen LogP contribution in [0, 0.1) is 0 Å². The second kappa shape index (κ2) is 8.93. The van der Waals surface area contributed by atoms with Gasteiger partial charge in [-0.15, -0.1) is 0 Å². The molecule has 1 amide bonds. The summed E-state index contributed by atoms with van der Waals surface area (Å²) in [4.78, 5) is 25.8. The fourth-order valence-corrected chi connectivity index (χ4v) is 4.00. The van der Waals surface area contributed by atoms with Crippen LogP contribution in [0.1, 0.15) is 15.9 Å². The second-order valence-corrected chi connectivity index (χ2v) is 7.51. The van der Waals surface area contributed by atoms with Crippen LogP contribution in [0.5, 0.6) is 11.5 Å². The van der Waals surface area contributed by atoms with Crippen LogP contribution in [0.15, 0.2) is 60.0 Å². The number of benzene rings is 2. The highest BCUT2D eigenvalue weighted by atomic mass is 32.2. The van der Waals surface area contributed by atoms with E-state index in [0.29, 0.717) is 32.0 Å². The maximum absolute atomic E-state index is 13.0. The number of carbonyl (C=O) groups is 2. The summed E-state index contributed by atoms with van der Waals surface area (Å²) in [5, 5.41) is 11.1. The highest BCUT2D eigenvalue weighted by Crippen LogP contribution is 2.39. The molecule has 6 nitrogen and oxygen atoms in total. The number of hydrogen-bond acceptors (Lipinski definition) is 7. The molecule has 0 N–H and O–H groups in total. The number of thioether (sulfide) groups is 1. The van der Waals surface area contributed by atoms with Gasteiger partial charge in [0.1, 0.15) is 6.61 Å². The van der Waals surface area contributed by atoms with Gasteiger partial charge in [-0.25, -0.2) is 0 Å². The van der Waals surface area contributed by atoms with Gasteiger partial charge < -0.3 is 19.4 Å². The molecule has 1 fully saturated rings. The maximum Gasteiger partial charge on any atom is 0.270 e. The van der Waals surface area contributed by atoms with Crippen LogP contribution in [0.2, 0.25) is 0 Å². The molecule has 0 radical (unpaired) electrons. The van der Waals surface area contributed by atoms with E-state index in [1.807, 2.05) is 0 Å². The van der Waals surface area contributed by atoms with Gasteiger partial charge in [-0.3, -0.25) is 9.69 Å². The van der Waals surface area contributed by atoms with E-state index in [0.717, 1.165) is 11.8 Å². The number of para-hydroxylation sites is 1. The minimum atomic E-state index is -1.33. The van der Waals surface area contributed by atoms with Crippen LogP contribution in [-0.4, -0.2) is 29.9 Å². The third-order valence-corrected chi connectivity index (χ3v) is 5.30. The van der Waals surface area contributed by atoms with E-state index in [-0.39, 0.29) is 18.1 Å². The fraction of sp³-hybridized carbons (Fsp3) is 0.0952. The Kier molecular flexibility index (Phi) is 6.36. The quantitative estimate of drug-likeness (QED) is 0.383. The Hall–Kier alpha value is -3.10. The van der Waals surface area contributed by atoms with Crippen molar-refractivity contribution in [2.45, 2.75) is 0 Å². The molecule has 0 saturated carbocycles. The monoisotopic (exact) mass is 426 g/mol. The Bertz CT molecular complexity index is 1030. The largest absolute Gasteiger partial charge is 0.545 e. The predicted molar refractivity (Wildman–Crippen MR) is 115 cm³/mol. The zero-order valence-electron chi connectivity index (χ0n) is 15.4. The standard InChI is InChI=1S/C21H17NO5S2/c1-3-10-27-18-13(6-5-9-16(18)26-2)12-17-19(23)22(21(28)29-17)15-8-4-7-14(11-15)20(24)25/h3-9,11-12H,1,10H2,2H3,(H,24,25)/p-1/b17-12-. The minimum Gasteiger partial charge on any atom is -0.545 e. The molecule has 0 aromatic heterocycles. The molecule has 1 heterocycles. The van der Waals surface area contributed by atoms with E-state index < -0.39 is 5.97 Å². The molecule has 2 aromatic rings. The van der Waals surface area contributed by atoms with Crippen molar-refractivity contribution < 1.29 is 24.2 Å². The van der Waals surface area contributed by atoms with Crippen molar-refractivity contribution in [1.82, 2.24) is 0 Å². The average molecular weight is 426 g/mol. The van der Waals surface area contributed by atoms with Crippen LogP contribution in [-0.2, 0) is 4.79 Å². The lowest BCUT2D eigenvalue weighted by Gasteiger charge is -2.16. The van der Waals surface area contributed by atoms with Gasteiger partial charge in [0, 0.05) is 5.56 Å². The van der Waals surface area contributed by atoms with E-state index in [4.69, 9.17) is 21.7 Å². The first-order valence-electron chi connectivity index (χ1n) is 8.46. The molecule has 1 aliphatic heterocycles. The van der Waals surface area contributed by atoms with Crippen molar-refractivity contribution in [2.24, 2.45) is 0 Å². The summed E-state index contributed by atoms with van der Waals surface area (Å²) in [6.45, 7) is 3.92. The topological polar surface area (TPSA) is 78.9 Å².